The van der Waals surface area contributed by atoms with Crippen LogP contribution in [0.15, 0.2) is 30.3 Å². The highest BCUT2D eigenvalue weighted by Gasteiger charge is 2.21. The van der Waals surface area contributed by atoms with Crippen molar-refractivity contribution in [3.63, 3.8) is 0 Å². The van der Waals surface area contributed by atoms with Gasteiger partial charge in [-0.05, 0) is 72.1 Å². The first kappa shape index (κ1) is 24.8. The molecule has 0 N–H and O–H groups in total. The lowest BCUT2D eigenvalue weighted by atomic mass is 9.84. The molecule has 1 aliphatic carbocycles. The normalized spacial score (nSPS) is 12.5. The van der Waals surface area contributed by atoms with Crippen molar-refractivity contribution >= 4 is 0 Å². The summed E-state index contributed by atoms with van der Waals surface area (Å²) in [6, 6.07) is 10.5. The van der Waals surface area contributed by atoms with E-state index in [1.807, 2.05) is 6.07 Å². The van der Waals surface area contributed by atoms with Gasteiger partial charge in [-0.25, -0.2) is 4.39 Å². The molecular formula is C30H43FO. The van der Waals surface area contributed by atoms with Gasteiger partial charge in [0.05, 0.1) is 6.61 Å². The van der Waals surface area contributed by atoms with Crippen molar-refractivity contribution in [1.29, 1.82) is 0 Å². The van der Waals surface area contributed by atoms with Crippen molar-refractivity contribution in [2.45, 2.75) is 110 Å². The van der Waals surface area contributed by atoms with Gasteiger partial charge in [0.2, 0.25) is 0 Å². The number of hydrogen-bond donors (Lipinski definition) is 0. The van der Waals surface area contributed by atoms with Gasteiger partial charge in [0, 0.05) is 0 Å². The van der Waals surface area contributed by atoms with E-state index in [2.05, 4.69) is 38.1 Å². The van der Waals surface area contributed by atoms with Crippen molar-refractivity contribution in [3.8, 4) is 16.9 Å². The summed E-state index contributed by atoms with van der Waals surface area (Å²) in [5, 5.41) is 0. The van der Waals surface area contributed by atoms with Crippen LogP contribution < -0.4 is 4.74 Å². The van der Waals surface area contributed by atoms with Crippen LogP contribution in [0.1, 0.15) is 108 Å². The van der Waals surface area contributed by atoms with Crippen LogP contribution in [0.4, 0.5) is 4.39 Å². The molecule has 2 heteroatoms. The number of rotatable bonds is 15. The fourth-order valence-electron chi connectivity index (χ4n) is 4.92. The van der Waals surface area contributed by atoms with Gasteiger partial charge in [0.1, 0.15) is 11.6 Å². The summed E-state index contributed by atoms with van der Waals surface area (Å²) in [7, 11) is 0. The Morgan fingerprint density at radius 1 is 0.719 bits per heavy atom. The fraction of sp³-hybridized carbons (Fsp3) is 0.600. The largest absolute Gasteiger partial charge is 0.494 e. The number of ether oxygens (including phenoxy) is 1. The maximum Gasteiger partial charge on any atom is 0.130 e. The van der Waals surface area contributed by atoms with E-state index in [4.69, 9.17) is 4.74 Å². The predicted molar refractivity (Wildman–Crippen MR) is 135 cm³/mol. The summed E-state index contributed by atoms with van der Waals surface area (Å²) in [5.41, 5.74) is 5.37. The van der Waals surface area contributed by atoms with Crippen LogP contribution >= 0.6 is 0 Å². The van der Waals surface area contributed by atoms with E-state index in [0.717, 1.165) is 61.2 Å². The number of halogens is 1. The Hall–Kier alpha value is -1.83. The highest BCUT2D eigenvalue weighted by molar-refractivity contribution is 5.74. The highest BCUT2D eigenvalue weighted by Crippen LogP contribution is 2.37. The first-order valence-electron chi connectivity index (χ1n) is 13.3. The van der Waals surface area contributed by atoms with E-state index >= 15 is 4.39 Å². The minimum Gasteiger partial charge on any atom is -0.494 e. The van der Waals surface area contributed by atoms with Crippen molar-refractivity contribution in [2.24, 2.45) is 0 Å². The molecule has 1 aliphatic rings. The minimum atomic E-state index is 0.0414. The van der Waals surface area contributed by atoms with Gasteiger partial charge in [-0.3, -0.25) is 0 Å². The second kappa shape index (κ2) is 13.7. The average Bonchev–Trinajstić information content (AvgIpc) is 2.81. The average molecular weight is 439 g/mol. The number of benzene rings is 2. The second-order valence-corrected chi connectivity index (χ2v) is 9.52. The molecule has 0 heterocycles. The summed E-state index contributed by atoms with van der Waals surface area (Å²) < 4.78 is 21.2. The summed E-state index contributed by atoms with van der Waals surface area (Å²) in [4.78, 5) is 0. The van der Waals surface area contributed by atoms with Gasteiger partial charge in [-0.2, -0.15) is 0 Å². The third-order valence-corrected chi connectivity index (χ3v) is 6.90. The zero-order valence-corrected chi connectivity index (χ0v) is 20.5. The molecular weight excluding hydrogens is 395 g/mol. The molecule has 32 heavy (non-hydrogen) atoms. The van der Waals surface area contributed by atoms with Crippen LogP contribution in [-0.4, -0.2) is 6.61 Å². The van der Waals surface area contributed by atoms with Gasteiger partial charge in [-0.15, -0.1) is 0 Å². The van der Waals surface area contributed by atoms with Crippen molar-refractivity contribution in [2.75, 3.05) is 6.61 Å². The predicted octanol–water partition coefficient (Wildman–Crippen LogP) is 9.23. The van der Waals surface area contributed by atoms with Crippen LogP contribution in [0.5, 0.6) is 5.75 Å². The maximum atomic E-state index is 15.2. The molecule has 2 aromatic carbocycles. The van der Waals surface area contributed by atoms with Gasteiger partial charge in [0.15, 0.2) is 0 Å². The number of fused-ring (bicyclic) bond motifs is 3. The molecule has 1 nitrogen and oxygen atoms in total. The SMILES string of the molecule is CCCCCCCCCCOc1ccc2c(c1)CCc1c-2ccc(CCCCCC)c1F. The quantitative estimate of drug-likeness (QED) is 0.252. The molecule has 0 aromatic heterocycles. The molecule has 0 saturated carbocycles. The Kier molecular flexibility index (Phi) is 10.6. The maximum absolute atomic E-state index is 15.2. The van der Waals surface area contributed by atoms with E-state index < -0.39 is 0 Å². The summed E-state index contributed by atoms with van der Waals surface area (Å²) >= 11 is 0. The van der Waals surface area contributed by atoms with Gasteiger partial charge < -0.3 is 4.74 Å². The molecule has 2 aromatic rings. The molecule has 3 rings (SSSR count). The molecule has 0 saturated heterocycles. The number of hydrogen-bond acceptors (Lipinski definition) is 1. The van der Waals surface area contributed by atoms with Crippen LogP contribution in [0.3, 0.4) is 0 Å². The Balaban J connectivity index is 1.50. The van der Waals surface area contributed by atoms with Crippen LogP contribution in [-0.2, 0) is 19.3 Å². The lowest BCUT2D eigenvalue weighted by Crippen LogP contribution is -2.09. The Labute approximate surface area is 195 Å². The topological polar surface area (TPSA) is 9.23 Å². The van der Waals surface area contributed by atoms with E-state index in [-0.39, 0.29) is 5.82 Å². The molecule has 0 unspecified atom stereocenters. The molecule has 0 bridgehead atoms. The molecule has 0 spiro atoms. The third-order valence-electron chi connectivity index (χ3n) is 6.90. The number of aryl methyl sites for hydroxylation is 2. The lowest BCUT2D eigenvalue weighted by molar-refractivity contribution is 0.304. The Bertz CT molecular complexity index is 826. The zero-order chi connectivity index (χ0) is 22.6. The third kappa shape index (κ3) is 7.09. The minimum absolute atomic E-state index is 0.0414. The summed E-state index contributed by atoms with van der Waals surface area (Å²) in [6.07, 6.45) is 17.8. The molecule has 0 radical (unpaired) electrons. The summed E-state index contributed by atoms with van der Waals surface area (Å²) in [6.45, 7) is 5.27. The van der Waals surface area contributed by atoms with Crippen LogP contribution in [0.2, 0.25) is 0 Å². The van der Waals surface area contributed by atoms with Crippen LogP contribution in [0.25, 0.3) is 11.1 Å². The van der Waals surface area contributed by atoms with Crippen molar-refractivity contribution < 1.29 is 9.13 Å². The smallest absolute Gasteiger partial charge is 0.130 e. The molecule has 0 fully saturated rings. The van der Waals surface area contributed by atoms with E-state index in [0.29, 0.717) is 0 Å². The molecule has 176 valence electrons. The standard InChI is InChI=1S/C30H43FO/c1-3-5-7-9-10-11-12-14-22-32-26-18-21-27-25(23-26)17-20-29-28(27)19-16-24(30(29)31)15-13-8-6-4-2/h16,18-19,21,23H,3-15,17,20,22H2,1-2H3. The van der Waals surface area contributed by atoms with Gasteiger partial charge in [0.25, 0.3) is 0 Å². The van der Waals surface area contributed by atoms with Gasteiger partial charge >= 0.3 is 0 Å². The first-order valence-corrected chi connectivity index (χ1v) is 13.3. The second-order valence-electron chi connectivity index (χ2n) is 9.52. The van der Waals surface area contributed by atoms with E-state index in [1.165, 1.54) is 75.3 Å². The molecule has 0 aliphatic heterocycles. The Morgan fingerprint density at radius 2 is 1.38 bits per heavy atom. The van der Waals surface area contributed by atoms with Crippen molar-refractivity contribution in [1.82, 2.24) is 0 Å². The lowest BCUT2D eigenvalue weighted by Gasteiger charge is -2.22. The first-order chi connectivity index (χ1) is 15.7. The fourth-order valence-corrected chi connectivity index (χ4v) is 4.92. The Morgan fingerprint density at radius 3 is 2.12 bits per heavy atom. The summed E-state index contributed by atoms with van der Waals surface area (Å²) in [5.74, 6) is 1.00. The highest BCUT2D eigenvalue weighted by atomic mass is 19.1. The van der Waals surface area contributed by atoms with E-state index in [1.54, 1.807) is 0 Å². The number of unbranched alkanes of at least 4 members (excludes halogenated alkanes) is 10. The van der Waals surface area contributed by atoms with Crippen LogP contribution in [0, 0.1) is 5.82 Å². The monoisotopic (exact) mass is 438 g/mol. The van der Waals surface area contributed by atoms with E-state index in [9.17, 15) is 0 Å². The molecule has 0 amide bonds. The molecule has 0 atom stereocenters. The zero-order valence-electron chi connectivity index (χ0n) is 20.5. The van der Waals surface area contributed by atoms with Gasteiger partial charge in [-0.1, -0.05) is 96.3 Å². The van der Waals surface area contributed by atoms with Crippen molar-refractivity contribution in [3.05, 3.63) is 52.8 Å².